The average molecular weight is 313 g/mol. The summed E-state index contributed by atoms with van der Waals surface area (Å²) < 4.78 is 5.64. The van der Waals surface area contributed by atoms with Crippen LogP contribution in [0.25, 0.3) is 0 Å². The first kappa shape index (κ1) is 17.8. The second-order valence-electron chi connectivity index (χ2n) is 5.75. The second kappa shape index (κ2) is 8.90. The Balaban J connectivity index is 0.00000220. The molecule has 1 fully saturated rings. The molecule has 0 aromatic heterocycles. The zero-order valence-corrected chi connectivity index (χ0v) is 13.5. The van der Waals surface area contributed by atoms with Gasteiger partial charge in [-0.3, -0.25) is 4.79 Å². The van der Waals surface area contributed by atoms with E-state index in [4.69, 9.17) is 4.74 Å². The normalized spacial score (nSPS) is 14.2. The van der Waals surface area contributed by atoms with E-state index in [2.05, 4.69) is 36.6 Å². The van der Waals surface area contributed by atoms with Gasteiger partial charge in [0, 0.05) is 19.6 Å². The summed E-state index contributed by atoms with van der Waals surface area (Å²) >= 11 is 0. The lowest BCUT2D eigenvalue weighted by Crippen LogP contribution is -2.51. The Morgan fingerprint density at radius 2 is 2.00 bits per heavy atom. The van der Waals surface area contributed by atoms with Crippen LogP contribution in [0.15, 0.2) is 24.3 Å². The first-order chi connectivity index (χ1) is 9.65. The van der Waals surface area contributed by atoms with E-state index < -0.39 is 0 Å². The standard InChI is InChI=1S/C16H24N2O2.ClH/c1-12(2)11-20-15-5-3-13(4-6-15)7-8-18-16(19)14-9-17-10-14;/h3-6,12,14,17H,7-11H2,1-2H3,(H,18,19);1H. The molecule has 0 radical (unpaired) electrons. The van der Waals surface area contributed by atoms with Gasteiger partial charge in [0.15, 0.2) is 0 Å². The Labute approximate surface area is 133 Å². The van der Waals surface area contributed by atoms with Gasteiger partial charge in [0.1, 0.15) is 5.75 Å². The molecule has 1 amide bonds. The van der Waals surface area contributed by atoms with E-state index in [1.54, 1.807) is 0 Å². The molecule has 0 aliphatic carbocycles. The molecule has 1 aromatic carbocycles. The minimum absolute atomic E-state index is 0. The number of carbonyl (C=O) groups is 1. The topological polar surface area (TPSA) is 50.4 Å². The monoisotopic (exact) mass is 312 g/mol. The van der Waals surface area contributed by atoms with Crippen LogP contribution >= 0.6 is 12.4 Å². The first-order valence-electron chi connectivity index (χ1n) is 7.35. The van der Waals surface area contributed by atoms with E-state index in [0.29, 0.717) is 12.5 Å². The molecule has 5 heteroatoms. The maximum Gasteiger partial charge on any atom is 0.225 e. The van der Waals surface area contributed by atoms with Crippen LogP contribution in [0, 0.1) is 11.8 Å². The summed E-state index contributed by atoms with van der Waals surface area (Å²) in [6.45, 7) is 7.33. The molecule has 1 heterocycles. The maximum atomic E-state index is 11.6. The van der Waals surface area contributed by atoms with Crippen LogP contribution in [0.3, 0.4) is 0 Å². The van der Waals surface area contributed by atoms with Gasteiger partial charge in [-0.15, -0.1) is 12.4 Å². The fraction of sp³-hybridized carbons (Fsp3) is 0.562. The minimum Gasteiger partial charge on any atom is -0.493 e. The van der Waals surface area contributed by atoms with Gasteiger partial charge in [-0.25, -0.2) is 0 Å². The number of ether oxygens (including phenoxy) is 1. The highest BCUT2D eigenvalue weighted by Crippen LogP contribution is 2.13. The van der Waals surface area contributed by atoms with E-state index >= 15 is 0 Å². The van der Waals surface area contributed by atoms with Crippen molar-refractivity contribution < 1.29 is 9.53 Å². The van der Waals surface area contributed by atoms with E-state index in [0.717, 1.165) is 31.9 Å². The van der Waals surface area contributed by atoms with Crippen LogP contribution < -0.4 is 15.4 Å². The van der Waals surface area contributed by atoms with E-state index in [1.807, 2.05) is 12.1 Å². The number of carbonyl (C=O) groups excluding carboxylic acids is 1. The van der Waals surface area contributed by atoms with Crippen molar-refractivity contribution in [1.29, 1.82) is 0 Å². The van der Waals surface area contributed by atoms with Crippen molar-refractivity contribution in [3.05, 3.63) is 29.8 Å². The summed E-state index contributed by atoms with van der Waals surface area (Å²) in [6.07, 6.45) is 0.857. The lowest BCUT2D eigenvalue weighted by Gasteiger charge is -2.25. The van der Waals surface area contributed by atoms with Crippen molar-refractivity contribution in [2.75, 3.05) is 26.2 Å². The van der Waals surface area contributed by atoms with Gasteiger partial charge in [-0.05, 0) is 30.0 Å². The summed E-state index contributed by atoms with van der Waals surface area (Å²) in [5, 5.41) is 6.08. The smallest absolute Gasteiger partial charge is 0.225 e. The van der Waals surface area contributed by atoms with E-state index in [9.17, 15) is 4.79 Å². The van der Waals surface area contributed by atoms with Crippen molar-refractivity contribution in [2.24, 2.45) is 11.8 Å². The van der Waals surface area contributed by atoms with Crippen LogP contribution in [0.5, 0.6) is 5.75 Å². The van der Waals surface area contributed by atoms with Crippen molar-refractivity contribution in [3.8, 4) is 5.75 Å². The summed E-state index contributed by atoms with van der Waals surface area (Å²) in [4.78, 5) is 11.6. The molecule has 0 spiro atoms. The third kappa shape index (κ3) is 5.94. The number of hydrogen-bond donors (Lipinski definition) is 2. The average Bonchev–Trinajstić information content (AvgIpc) is 2.35. The highest BCUT2D eigenvalue weighted by atomic mass is 35.5. The number of hydrogen-bond acceptors (Lipinski definition) is 3. The summed E-state index contributed by atoms with van der Waals surface area (Å²) in [5.74, 6) is 1.78. The van der Waals surface area contributed by atoms with Gasteiger partial charge in [-0.2, -0.15) is 0 Å². The van der Waals surface area contributed by atoms with Gasteiger partial charge in [0.2, 0.25) is 5.91 Å². The van der Waals surface area contributed by atoms with E-state index in [-0.39, 0.29) is 24.2 Å². The molecule has 2 N–H and O–H groups in total. The van der Waals surface area contributed by atoms with Crippen LogP contribution in [0.4, 0.5) is 0 Å². The quantitative estimate of drug-likeness (QED) is 0.810. The van der Waals surface area contributed by atoms with Gasteiger partial charge in [-0.1, -0.05) is 26.0 Å². The van der Waals surface area contributed by atoms with Crippen LogP contribution in [0.1, 0.15) is 19.4 Å². The Hall–Kier alpha value is -1.26. The lowest BCUT2D eigenvalue weighted by atomic mass is 10.0. The van der Waals surface area contributed by atoms with Crippen LogP contribution in [-0.2, 0) is 11.2 Å². The van der Waals surface area contributed by atoms with Crippen molar-refractivity contribution in [1.82, 2.24) is 10.6 Å². The number of rotatable bonds is 7. The molecule has 0 saturated carbocycles. The summed E-state index contributed by atoms with van der Waals surface area (Å²) in [5.41, 5.74) is 1.22. The second-order valence-corrected chi connectivity index (χ2v) is 5.75. The Morgan fingerprint density at radius 1 is 1.33 bits per heavy atom. The molecule has 21 heavy (non-hydrogen) atoms. The predicted molar refractivity (Wildman–Crippen MR) is 87.1 cm³/mol. The molecule has 0 unspecified atom stereocenters. The molecule has 1 aliphatic rings. The fourth-order valence-corrected chi connectivity index (χ4v) is 1.96. The van der Waals surface area contributed by atoms with Crippen molar-refractivity contribution >= 4 is 18.3 Å². The number of amides is 1. The highest BCUT2D eigenvalue weighted by Gasteiger charge is 2.23. The van der Waals surface area contributed by atoms with E-state index in [1.165, 1.54) is 5.56 Å². The third-order valence-electron chi connectivity index (χ3n) is 3.37. The molecule has 0 atom stereocenters. The summed E-state index contributed by atoms with van der Waals surface area (Å²) in [7, 11) is 0. The number of halogens is 1. The zero-order chi connectivity index (χ0) is 14.4. The van der Waals surface area contributed by atoms with Crippen LogP contribution in [0.2, 0.25) is 0 Å². The van der Waals surface area contributed by atoms with Gasteiger partial charge in [0.25, 0.3) is 0 Å². The molecule has 1 saturated heterocycles. The van der Waals surface area contributed by atoms with Crippen LogP contribution in [-0.4, -0.2) is 32.1 Å². The molecule has 118 valence electrons. The molecule has 0 bridgehead atoms. The Kier molecular flexibility index (Phi) is 7.54. The Bertz CT molecular complexity index is 430. The SMILES string of the molecule is CC(C)COc1ccc(CCNC(=O)C2CNC2)cc1.Cl. The summed E-state index contributed by atoms with van der Waals surface area (Å²) in [6, 6.07) is 8.12. The molecular weight excluding hydrogens is 288 g/mol. The lowest BCUT2D eigenvalue weighted by molar-refractivity contribution is -0.126. The maximum absolute atomic E-state index is 11.6. The van der Waals surface area contributed by atoms with Gasteiger partial charge >= 0.3 is 0 Å². The third-order valence-corrected chi connectivity index (χ3v) is 3.37. The molecule has 1 aliphatic heterocycles. The van der Waals surface area contributed by atoms with Crippen molar-refractivity contribution in [2.45, 2.75) is 20.3 Å². The number of nitrogens with one attached hydrogen (secondary N) is 2. The predicted octanol–water partition coefficient (Wildman–Crippen LogP) is 2.02. The Morgan fingerprint density at radius 3 is 2.52 bits per heavy atom. The van der Waals surface area contributed by atoms with Gasteiger partial charge in [0.05, 0.1) is 12.5 Å². The highest BCUT2D eigenvalue weighted by molar-refractivity contribution is 5.85. The molecular formula is C16H25ClN2O2. The number of benzene rings is 1. The minimum atomic E-state index is 0. The fourth-order valence-electron chi connectivity index (χ4n) is 1.96. The van der Waals surface area contributed by atoms with Crippen molar-refractivity contribution in [3.63, 3.8) is 0 Å². The van der Waals surface area contributed by atoms with Gasteiger partial charge < -0.3 is 15.4 Å². The molecule has 2 rings (SSSR count). The first-order valence-corrected chi connectivity index (χ1v) is 7.35. The molecule has 4 nitrogen and oxygen atoms in total. The zero-order valence-electron chi connectivity index (χ0n) is 12.7. The molecule has 1 aromatic rings. The largest absolute Gasteiger partial charge is 0.493 e.